The molecule has 1 aliphatic heterocycles. The molecule has 166 valence electrons. The topological polar surface area (TPSA) is 122 Å². The molecule has 1 aromatic carbocycles. The number of hydrogen-bond donors (Lipinski definition) is 2. The van der Waals surface area contributed by atoms with E-state index in [4.69, 9.17) is 4.74 Å². The summed E-state index contributed by atoms with van der Waals surface area (Å²) in [5.74, 6) is -1.86. The summed E-state index contributed by atoms with van der Waals surface area (Å²) >= 11 is 0. The fraction of sp³-hybridized carbons (Fsp3) is 0.550. The van der Waals surface area contributed by atoms with Crippen molar-refractivity contribution in [3.63, 3.8) is 0 Å². The Morgan fingerprint density at radius 1 is 1.17 bits per heavy atom. The van der Waals surface area contributed by atoms with Crippen LogP contribution < -0.4 is 10.6 Å². The number of esters is 1. The van der Waals surface area contributed by atoms with Crippen molar-refractivity contribution in [2.75, 3.05) is 25.5 Å². The van der Waals surface area contributed by atoms with Gasteiger partial charge in [0.1, 0.15) is 6.04 Å². The fourth-order valence-electron chi connectivity index (χ4n) is 3.33. The van der Waals surface area contributed by atoms with Crippen molar-refractivity contribution < 1.29 is 27.5 Å². The van der Waals surface area contributed by atoms with E-state index in [1.807, 2.05) is 0 Å². The van der Waals surface area contributed by atoms with Crippen LogP contribution in [0.4, 0.5) is 5.69 Å². The van der Waals surface area contributed by atoms with Crippen LogP contribution in [0, 0.1) is 11.8 Å². The average molecular weight is 440 g/mol. The molecule has 30 heavy (non-hydrogen) atoms. The summed E-state index contributed by atoms with van der Waals surface area (Å²) in [7, 11) is -2.53. The van der Waals surface area contributed by atoms with Crippen molar-refractivity contribution in [2.45, 2.75) is 44.6 Å². The number of carbonyl (C=O) groups excluding carboxylic acids is 3. The van der Waals surface area contributed by atoms with Gasteiger partial charge in [-0.1, -0.05) is 13.8 Å². The molecule has 10 heteroatoms. The summed E-state index contributed by atoms with van der Waals surface area (Å²) in [6.45, 7) is 5.31. The first-order valence-electron chi connectivity index (χ1n) is 9.82. The summed E-state index contributed by atoms with van der Waals surface area (Å²) in [5, 5.41) is 5.29. The summed E-state index contributed by atoms with van der Waals surface area (Å²) in [6, 6.07) is 5.11. The van der Waals surface area contributed by atoms with Crippen LogP contribution in [-0.2, 0) is 29.1 Å². The number of ether oxygens (including phenoxy) is 1. The molecule has 0 saturated carbocycles. The van der Waals surface area contributed by atoms with Crippen molar-refractivity contribution in [3.05, 3.63) is 24.3 Å². The lowest BCUT2D eigenvalue weighted by Gasteiger charge is -2.32. The Labute approximate surface area is 177 Å². The number of carbonyl (C=O) groups is 3. The molecular weight excluding hydrogens is 410 g/mol. The minimum Gasteiger partial charge on any atom is -0.467 e. The van der Waals surface area contributed by atoms with Gasteiger partial charge in [0, 0.05) is 25.7 Å². The van der Waals surface area contributed by atoms with Crippen LogP contribution in [-0.4, -0.2) is 56.7 Å². The molecule has 9 nitrogen and oxygen atoms in total. The smallest absolute Gasteiger partial charge is 0.328 e. The molecule has 0 spiro atoms. The molecule has 0 radical (unpaired) electrons. The molecule has 1 aromatic rings. The maximum atomic E-state index is 13.0. The molecule has 1 aliphatic rings. The highest BCUT2D eigenvalue weighted by Gasteiger charge is 2.35. The number of rotatable bonds is 7. The zero-order valence-electron chi connectivity index (χ0n) is 17.7. The lowest BCUT2D eigenvalue weighted by molar-refractivity contribution is -0.147. The number of sulfonamides is 1. The van der Waals surface area contributed by atoms with Crippen LogP contribution in [0.25, 0.3) is 0 Å². The Kier molecular flexibility index (Phi) is 7.96. The molecule has 0 aliphatic carbocycles. The Bertz CT molecular complexity index is 882. The van der Waals surface area contributed by atoms with Crippen LogP contribution >= 0.6 is 0 Å². The van der Waals surface area contributed by atoms with E-state index in [-0.39, 0.29) is 29.2 Å². The van der Waals surface area contributed by atoms with E-state index in [1.165, 1.54) is 42.6 Å². The van der Waals surface area contributed by atoms with Gasteiger partial charge in [-0.3, -0.25) is 9.59 Å². The van der Waals surface area contributed by atoms with Gasteiger partial charge in [-0.25, -0.2) is 13.2 Å². The summed E-state index contributed by atoms with van der Waals surface area (Å²) in [5.41, 5.74) is 0.500. The van der Waals surface area contributed by atoms with E-state index < -0.39 is 28.0 Å². The highest BCUT2D eigenvalue weighted by molar-refractivity contribution is 7.89. The number of methoxy groups -OCH3 is 1. The lowest BCUT2D eigenvalue weighted by Crippen LogP contribution is -2.51. The average Bonchev–Trinajstić information content (AvgIpc) is 2.71. The van der Waals surface area contributed by atoms with Crippen molar-refractivity contribution in [2.24, 2.45) is 11.8 Å². The molecule has 2 atom stereocenters. The summed E-state index contributed by atoms with van der Waals surface area (Å²) in [4.78, 5) is 35.8. The van der Waals surface area contributed by atoms with Crippen molar-refractivity contribution >= 4 is 33.5 Å². The first kappa shape index (κ1) is 23.8. The summed E-state index contributed by atoms with van der Waals surface area (Å²) in [6.07, 6.45) is 1.07. The van der Waals surface area contributed by atoms with Gasteiger partial charge in [-0.15, -0.1) is 0 Å². The summed E-state index contributed by atoms with van der Waals surface area (Å²) < 4.78 is 32.0. The number of nitrogens with zero attached hydrogens (tertiary/aromatic N) is 1. The number of benzene rings is 1. The normalized spacial score (nSPS) is 18.5. The Morgan fingerprint density at radius 2 is 1.80 bits per heavy atom. The number of amides is 2. The van der Waals surface area contributed by atoms with Gasteiger partial charge in [0.05, 0.1) is 17.9 Å². The molecule has 2 amide bonds. The monoisotopic (exact) mass is 439 g/mol. The predicted octanol–water partition coefficient (Wildman–Crippen LogP) is 1.36. The molecule has 1 saturated heterocycles. The Morgan fingerprint density at radius 3 is 2.33 bits per heavy atom. The van der Waals surface area contributed by atoms with E-state index in [2.05, 4.69) is 10.6 Å². The maximum Gasteiger partial charge on any atom is 0.328 e. The second kappa shape index (κ2) is 10.0. The van der Waals surface area contributed by atoms with E-state index in [9.17, 15) is 22.8 Å². The van der Waals surface area contributed by atoms with Crippen LogP contribution in [0.5, 0.6) is 0 Å². The number of anilines is 1. The largest absolute Gasteiger partial charge is 0.467 e. The number of piperidine rings is 1. The molecule has 0 unspecified atom stereocenters. The van der Waals surface area contributed by atoms with Gasteiger partial charge in [0.25, 0.3) is 0 Å². The molecule has 2 rings (SSSR count). The quantitative estimate of drug-likeness (QED) is 0.619. The van der Waals surface area contributed by atoms with E-state index >= 15 is 0 Å². The third-order valence-electron chi connectivity index (χ3n) is 4.99. The molecular formula is C20H29N3O6S. The van der Waals surface area contributed by atoms with Crippen molar-refractivity contribution in [3.8, 4) is 0 Å². The predicted molar refractivity (Wildman–Crippen MR) is 111 cm³/mol. The Balaban J connectivity index is 2.11. The molecule has 2 N–H and O–H groups in total. The second-order valence-electron chi connectivity index (χ2n) is 7.66. The molecule has 0 aromatic heterocycles. The Hall–Kier alpha value is -2.46. The van der Waals surface area contributed by atoms with Gasteiger partial charge in [0.2, 0.25) is 21.8 Å². The van der Waals surface area contributed by atoms with E-state index in [1.54, 1.807) is 13.8 Å². The highest BCUT2D eigenvalue weighted by Crippen LogP contribution is 2.25. The van der Waals surface area contributed by atoms with E-state index in [0.29, 0.717) is 25.1 Å². The molecule has 0 bridgehead atoms. The maximum absolute atomic E-state index is 13.0. The lowest BCUT2D eigenvalue weighted by atomic mass is 9.97. The number of nitrogens with one attached hydrogen (secondary N) is 2. The van der Waals surface area contributed by atoms with Crippen LogP contribution in [0.15, 0.2) is 29.2 Å². The molecule has 1 fully saturated rings. The van der Waals surface area contributed by atoms with Gasteiger partial charge < -0.3 is 15.4 Å². The zero-order chi connectivity index (χ0) is 22.5. The molecule has 1 heterocycles. The van der Waals surface area contributed by atoms with Crippen LogP contribution in [0.2, 0.25) is 0 Å². The van der Waals surface area contributed by atoms with Gasteiger partial charge in [-0.05, 0) is 43.0 Å². The van der Waals surface area contributed by atoms with Gasteiger partial charge in [0.15, 0.2) is 0 Å². The minimum absolute atomic E-state index is 0.0353. The van der Waals surface area contributed by atoms with E-state index in [0.717, 1.165) is 0 Å². The van der Waals surface area contributed by atoms with Crippen LogP contribution in [0.3, 0.4) is 0 Å². The standard InChI is InChI=1S/C20H29N3O6S/c1-13(2)18(20(26)29-4)22-19(25)15-6-5-11-23(12-15)30(27,28)17-9-7-16(8-10-17)21-14(3)24/h7-10,13,15,18H,5-6,11-12H2,1-4H3,(H,21,24)(H,22,25)/t15-,18+/m1/s1. The third-order valence-corrected chi connectivity index (χ3v) is 6.87. The van der Waals surface area contributed by atoms with Gasteiger partial charge in [-0.2, -0.15) is 4.31 Å². The van der Waals surface area contributed by atoms with Gasteiger partial charge >= 0.3 is 5.97 Å². The van der Waals surface area contributed by atoms with Crippen molar-refractivity contribution in [1.29, 1.82) is 0 Å². The second-order valence-corrected chi connectivity index (χ2v) is 9.60. The SMILES string of the molecule is COC(=O)[C@@H](NC(=O)[C@@H]1CCCN(S(=O)(=O)c2ccc(NC(C)=O)cc2)C1)C(C)C. The number of hydrogen-bond acceptors (Lipinski definition) is 6. The highest BCUT2D eigenvalue weighted by atomic mass is 32.2. The van der Waals surface area contributed by atoms with Crippen LogP contribution in [0.1, 0.15) is 33.6 Å². The third kappa shape index (κ3) is 5.79. The first-order valence-corrected chi connectivity index (χ1v) is 11.3. The minimum atomic E-state index is -3.79. The fourth-order valence-corrected chi connectivity index (χ4v) is 4.86. The zero-order valence-corrected chi connectivity index (χ0v) is 18.5. The van der Waals surface area contributed by atoms with Crippen molar-refractivity contribution in [1.82, 2.24) is 9.62 Å². The first-order chi connectivity index (χ1) is 14.1.